The number of nitrogens with one attached hydrogen (secondary N) is 1. The molecule has 1 fully saturated rings. The van der Waals surface area contributed by atoms with Gasteiger partial charge in [-0.15, -0.1) is 30.6 Å². The highest BCUT2D eigenvalue weighted by molar-refractivity contribution is 14.0. The predicted octanol–water partition coefficient (Wildman–Crippen LogP) is 3.34. The Morgan fingerprint density at radius 3 is 2.55 bits per heavy atom. The lowest BCUT2D eigenvalue weighted by Gasteiger charge is -2.24. The third-order valence-corrected chi connectivity index (χ3v) is 4.26. The van der Waals surface area contributed by atoms with Crippen LogP contribution in [0.15, 0.2) is 17.6 Å². The number of rotatable bonds is 9. The Morgan fingerprint density at radius 1 is 1.27 bits per heavy atom. The Morgan fingerprint density at radius 2 is 1.95 bits per heavy atom. The van der Waals surface area contributed by atoms with E-state index in [1.165, 1.54) is 25.7 Å². The average molecular weight is 422 g/mol. The minimum Gasteiger partial charge on any atom is -0.357 e. The largest absolute Gasteiger partial charge is 0.357 e. The highest BCUT2D eigenvalue weighted by Gasteiger charge is 2.18. The zero-order valence-electron chi connectivity index (χ0n) is 14.7. The molecule has 130 valence electrons. The lowest BCUT2D eigenvalue weighted by Crippen LogP contribution is -2.40. The molecule has 0 amide bonds. The van der Waals surface area contributed by atoms with Crippen LogP contribution in [-0.4, -0.2) is 62.1 Å². The normalized spacial score (nSPS) is 15.7. The molecule has 0 saturated heterocycles. The van der Waals surface area contributed by atoms with Crippen LogP contribution in [0.2, 0.25) is 0 Å². The maximum atomic E-state index is 4.77. The van der Waals surface area contributed by atoms with Crippen LogP contribution in [0.4, 0.5) is 0 Å². The van der Waals surface area contributed by atoms with Gasteiger partial charge in [0.25, 0.3) is 0 Å². The molecule has 0 aromatic rings. The second kappa shape index (κ2) is 13.2. The molecule has 1 saturated carbocycles. The number of aliphatic imine (C=N–C) groups is 1. The van der Waals surface area contributed by atoms with Crippen molar-refractivity contribution < 1.29 is 0 Å². The molecule has 0 aromatic heterocycles. The van der Waals surface area contributed by atoms with E-state index in [4.69, 9.17) is 4.99 Å². The Labute approximate surface area is 154 Å². The van der Waals surface area contributed by atoms with Gasteiger partial charge in [0, 0.05) is 32.7 Å². The SMILES string of the molecule is C=CCCCN(C)C(=NCCN(C)C1CCCC1)NCC.I. The van der Waals surface area contributed by atoms with Crippen molar-refractivity contribution >= 4 is 29.9 Å². The summed E-state index contributed by atoms with van der Waals surface area (Å²) in [4.78, 5) is 9.48. The molecule has 0 atom stereocenters. The van der Waals surface area contributed by atoms with Crippen LogP contribution in [0.25, 0.3) is 0 Å². The Hall–Kier alpha value is -0.300. The summed E-state index contributed by atoms with van der Waals surface area (Å²) in [7, 11) is 4.36. The van der Waals surface area contributed by atoms with Crippen molar-refractivity contribution in [3.8, 4) is 0 Å². The maximum absolute atomic E-state index is 4.77. The van der Waals surface area contributed by atoms with Gasteiger partial charge in [0.15, 0.2) is 5.96 Å². The Balaban J connectivity index is 0.00000441. The summed E-state index contributed by atoms with van der Waals surface area (Å²) in [5.41, 5.74) is 0. The van der Waals surface area contributed by atoms with Gasteiger partial charge in [-0.05, 0) is 39.7 Å². The molecular weight excluding hydrogens is 387 g/mol. The summed E-state index contributed by atoms with van der Waals surface area (Å²) in [5.74, 6) is 1.03. The average Bonchev–Trinajstić information content (AvgIpc) is 3.00. The smallest absolute Gasteiger partial charge is 0.193 e. The van der Waals surface area contributed by atoms with Gasteiger partial charge in [-0.25, -0.2) is 0 Å². The number of allylic oxidation sites excluding steroid dienone is 1. The quantitative estimate of drug-likeness (QED) is 0.203. The molecule has 1 aliphatic rings. The first-order valence-corrected chi connectivity index (χ1v) is 8.49. The van der Waals surface area contributed by atoms with Gasteiger partial charge in [0.05, 0.1) is 6.54 Å². The summed E-state index contributed by atoms with van der Waals surface area (Å²) in [6.07, 6.45) is 9.69. The Bertz CT molecular complexity index is 314. The number of hydrogen-bond acceptors (Lipinski definition) is 2. The van der Waals surface area contributed by atoms with Gasteiger partial charge in [-0.1, -0.05) is 18.9 Å². The van der Waals surface area contributed by atoms with E-state index in [0.717, 1.165) is 51.0 Å². The molecule has 0 bridgehead atoms. The summed E-state index contributed by atoms with van der Waals surface area (Å²) < 4.78 is 0. The first kappa shape index (κ1) is 21.7. The minimum atomic E-state index is 0. The fourth-order valence-electron chi connectivity index (χ4n) is 2.89. The predicted molar refractivity (Wildman–Crippen MR) is 108 cm³/mol. The second-order valence-electron chi connectivity index (χ2n) is 6.01. The number of halogens is 1. The van der Waals surface area contributed by atoms with E-state index in [1.807, 2.05) is 6.08 Å². The summed E-state index contributed by atoms with van der Waals surface area (Å²) in [5, 5.41) is 3.38. The minimum absolute atomic E-state index is 0. The summed E-state index contributed by atoms with van der Waals surface area (Å²) in [6, 6.07) is 0.785. The number of unbranched alkanes of at least 4 members (excludes halogenated alkanes) is 1. The topological polar surface area (TPSA) is 30.9 Å². The molecule has 4 nitrogen and oxygen atoms in total. The number of hydrogen-bond donors (Lipinski definition) is 1. The zero-order chi connectivity index (χ0) is 15.5. The van der Waals surface area contributed by atoms with Crippen LogP contribution in [0.5, 0.6) is 0 Å². The van der Waals surface area contributed by atoms with Crippen molar-refractivity contribution in [1.29, 1.82) is 0 Å². The van der Waals surface area contributed by atoms with Gasteiger partial charge in [-0.3, -0.25) is 4.99 Å². The molecule has 1 aliphatic carbocycles. The maximum Gasteiger partial charge on any atom is 0.193 e. The molecule has 0 radical (unpaired) electrons. The highest BCUT2D eigenvalue weighted by Crippen LogP contribution is 2.21. The van der Waals surface area contributed by atoms with Crippen LogP contribution in [0.1, 0.15) is 45.4 Å². The number of likely N-dealkylation sites (N-methyl/N-ethyl adjacent to an activating group) is 1. The van der Waals surface area contributed by atoms with Crippen molar-refractivity contribution in [2.24, 2.45) is 4.99 Å². The van der Waals surface area contributed by atoms with E-state index in [1.54, 1.807) is 0 Å². The number of guanidine groups is 1. The van der Waals surface area contributed by atoms with Crippen molar-refractivity contribution in [2.45, 2.75) is 51.5 Å². The molecular formula is C17H35IN4. The molecule has 1 rings (SSSR count). The molecule has 0 aromatic carbocycles. The third-order valence-electron chi connectivity index (χ3n) is 4.26. The Kier molecular flexibility index (Phi) is 13.0. The standard InChI is InChI=1S/C17H34N4.HI/c1-5-7-10-14-21(4)17(18-6-2)19-13-15-20(3)16-11-8-9-12-16;/h5,16H,1,6-15H2,2-4H3,(H,18,19);1H. The number of nitrogens with zero attached hydrogens (tertiary/aromatic N) is 3. The monoisotopic (exact) mass is 422 g/mol. The van der Waals surface area contributed by atoms with Gasteiger partial charge in [0.2, 0.25) is 0 Å². The molecule has 0 aliphatic heterocycles. The van der Waals surface area contributed by atoms with Crippen LogP contribution < -0.4 is 5.32 Å². The van der Waals surface area contributed by atoms with Gasteiger partial charge in [-0.2, -0.15) is 0 Å². The molecule has 22 heavy (non-hydrogen) atoms. The first-order chi connectivity index (χ1) is 10.2. The van der Waals surface area contributed by atoms with E-state index in [-0.39, 0.29) is 24.0 Å². The van der Waals surface area contributed by atoms with E-state index in [0.29, 0.717) is 0 Å². The van der Waals surface area contributed by atoms with Gasteiger partial charge < -0.3 is 15.1 Å². The van der Waals surface area contributed by atoms with E-state index in [2.05, 4.69) is 42.7 Å². The van der Waals surface area contributed by atoms with Crippen molar-refractivity contribution in [3.05, 3.63) is 12.7 Å². The zero-order valence-corrected chi connectivity index (χ0v) is 17.0. The molecule has 1 N–H and O–H groups in total. The van der Waals surface area contributed by atoms with E-state index < -0.39 is 0 Å². The first-order valence-electron chi connectivity index (χ1n) is 8.49. The van der Waals surface area contributed by atoms with Crippen LogP contribution in [-0.2, 0) is 0 Å². The third kappa shape index (κ3) is 8.36. The lowest BCUT2D eigenvalue weighted by atomic mass is 10.2. The molecule has 0 spiro atoms. The van der Waals surface area contributed by atoms with E-state index >= 15 is 0 Å². The summed E-state index contributed by atoms with van der Waals surface area (Å²) in [6.45, 7) is 9.77. The van der Waals surface area contributed by atoms with Crippen molar-refractivity contribution in [1.82, 2.24) is 15.1 Å². The lowest BCUT2D eigenvalue weighted by molar-refractivity contribution is 0.252. The fourth-order valence-corrected chi connectivity index (χ4v) is 2.89. The molecule has 0 heterocycles. The van der Waals surface area contributed by atoms with Crippen LogP contribution in [0, 0.1) is 0 Å². The summed E-state index contributed by atoms with van der Waals surface area (Å²) >= 11 is 0. The van der Waals surface area contributed by atoms with E-state index in [9.17, 15) is 0 Å². The van der Waals surface area contributed by atoms with Crippen LogP contribution in [0.3, 0.4) is 0 Å². The molecule has 0 unspecified atom stereocenters. The van der Waals surface area contributed by atoms with Gasteiger partial charge >= 0.3 is 0 Å². The van der Waals surface area contributed by atoms with Gasteiger partial charge in [0.1, 0.15) is 0 Å². The highest BCUT2D eigenvalue weighted by atomic mass is 127. The molecule has 5 heteroatoms. The second-order valence-corrected chi connectivity index (χ2v) is 6.01. The van der Waals surface area contributed by atoms with Crippen molar-refractivity contribution in [3.63, 3.8) is 0 Å². The van der Waals surface area contributed by atoms with Crippen LogP contribution >= 0.6 is 24.0 Å². The fraction of sp³-hybridized carbons (Fsp3) is 0.824. The van der Waals surface area contributed by atoms with Crippen molar-refractivity contribution in [2.75, 3.05) is 40.3 Å².